The van der Waals surface area contributed by atoms with Crippen LogP contribution in [0.5, 0.6) is 0 Å². The highest BCUT2D eigenvalue weighted by Crippen LogP contribution is 2.22. The Morgan fingerprint density at radius 2 is 1.60 bits per heavy atom. The molecule has 0 bridgehead atoms. The Morgan fingerprint density at radius 3 is 2.32 bits per heavy atom. The van der Waals surface area contributed by atoms with Crippen LogP contribution in [0, 0.1) is 32.4 Å². The minimum Gasteiger partial charge on any atom is -0.340 e. The first-order valence-corrected chi connectivity index (χ1v) is 7.83. The smallest absolute Gasteiger partial charge is 0.229 e. The number of nitrogens with one attached hydrogen (secondary N) is 2. The number of anilines is 4. The summed E-state index contributed by atoms with van der Waals surface area (Å²) in [6.45, 7) is 5.88. The lowest BCUT2D eigenvalue weighted by Gasteiger charge is -2.12. The fraction of sp³-hybridized carbons (Fsp3) is 0.158. The summed E-state index contributed by atoms with van der Waals surface area (Å²) >= 11 is 0. The van der Waals surface area contributed by atoms with E-state index in [0.29, 0.717) is 17.5 Å². The summed E-state index contributed by atoms with van der Waals surface area (Å²) in [5, 5.41) is 6.16. The van der Waals surface area contributed by atoms with Crippen molar-refractivity contribution in [1.82, 2.24) is 9.97 Å². The van der Waals surface area contributed by atoms with Gasteiger partial charge in [-0.2, -0.15) is 4.98 Å². The molecule has 128 valence electrons. The van der Waals surface area contributed by atoms with E-state index in [1.807, 2.05) is 32.9 Å². The lowest BCUT2D eigenvalue weighted by molar-refractivity contribution is 0.509. The van der Waals surface area contributed by atoms with E-state index in [0.717, 1.165) is 29.1 Å². The second-order valence-corrected chi connectivity index (χ2v) is 5.92. The van der Waals surface area contributed by atoms with Gasteiger partial charge in [-0.15, -0.1) is 0 Å². The fourth-order valence-electron chi connectivity index (χ4n) is 2.48. The predicted molar refractivity (Wildman–Crippen MR) is 95.6 cm³/mol. The minimum absolute atomic E-state index is 0.412. The lowest BCUT2D eigenvalue weighted by atomic mass is 10.1. The van der Waals surface area contributed by atoms with Crippen molar-refractivity contribution in [3.63, 3.8) is 0 Å². The molecule has 3 aromatic rings. The molecular weight excluding hydrogens is 322 g/mol. The van der Waals surface area contributed by atoms with Crippen LogP contribution in [-0.4, -0.2) is 9.97 Å². The highest BCUT2D eigenvalue weighted by atomic mass is 19.2. The molecule has 3 rings (SSSR count). The second-order valence-electron chi connectivity index (χ2n) is 5.92. The van der Waals surface area contributed by atoms with Crippen LogP contribution < -0.4 is 10.6 Å². The Hall–Kier alpha value is -3.02. The average Bonchev–Trinajstić information content (AvgIpc) is 2.53. The summed E-state index contributed by atoms with van der Waals surface area (Å²) in [6.07, 6.45) is 0. The van der Waals surface area contributed by atoms with Crippen molar-refractivity contribution in [2.45, 2.75) is 20.8 Å². The van der Waals surface area contributed by atoms with Gasteiger partial charge in [-0.05, 0) is 44.5 Å². The Labute approximate surface area is 145 Å². The third-order valence-electron chi connectivity index (χ3n) is 3.67. The molecule has 0 saturated carbocycles. The number of halogens is 2. The molecule has 2 aromatic carbocycles. The number of aryl methyl sites for hydroxylation is 3. The molecule has 0 fully saturated rings. The van der Waals surface area contributed by atoms with Crippen LogP contribution in [-0.2, 0) is 0 Å². The van der Waals surface area contributed by atoms with Crippen molar-refractivity contribution in [2.24, 2.45) is 0 Å². The molecule has 0 aliphatic carbocycles. The van der Waals surface area contributed by atoms with Gasteiger partial charge in [0.2, 0.25) is 5.95 Å². The van der Waals surface area contributed by atoms with E-state index < -0.39 is 11.6 Å². The van der Waals surface area contributed by atoms with Gasteiger partial charge in [0.15, 0.2) is 11.6 Å². The van der Waals surface area contributed by atoms with E-state index in [2.05, 4.69) is 26.7 Å². The van der Waals surface area contributed by atoms with Gasteiger partial charge in [0, 0.05) is 29.2 Å². The van der Waals surface area contributed by atoms with Crippen molar-refractivity contribution in [2.75, 3.05) is 10.6 Å². The summed E-state index contributed by atoms with van der Waals surface area (Å²) < 4.78 is 26.4. The number of aromatic nitrogens is 2. The third kappa shape index (κ3) is 4.09. The summed E-state index contributed by atoms with van der Waals surface area (Å²) in [4.78, 5) is 8.76. The van der Waals surface area contributed by atoms with E-state index in [4.69, 9.17) is 0 Å². The summed E-state index contributed by atoms with van der Waals surface area (Å²) in [5.74, 6) is -0.881. The lowest BCUT2D eigenvalue weighted by Crippen LogP contribution is -2.03. The third-order valence-corrected chi connectivity index (χ3v) is 3.67. The summed E-state index contributed by atoms with van der Waals surface area (Å²) in [5.41, 5.74) is 4.32. The molecule has 0 atom stereocenters. The Morgan fingerprint density at radius 1 is 0.800 bits per heavy atom. The van der Waals surface area contributed by atoms with E-state index >= 15 is 0 Å². The number of rotatable bonds is 4. The molecule has 0 spiro atoms. The molecule has 0 aliphatic heterocycles. The highest BCUT2D eigenvalue weighted by Gasteiger charge is 2.07. The molecule has 0 amide bonds. The predicted octanol–water partition coefficient (Wildman–Crippen LogP) is 5.17. The molecule has 25 heavy (non-hydrogen) atoms. The number of nitrogens with zero attached hydrogens (tertiary/aromatic N) is 2. The molecule has 2 N–H and O–H groups in total. The normalized spacial score (nSPS) is 10.6. The van der Waals surface area contributed by atoms with Crippen molar-refractivity contribution in [3.05, 3.63) is 70.9 Å². The van der Waals surface area contributed by atoms with Gasteiger partial charge in [0.05, 0.1) is 0 Å². The van der Waals surface area contributed by atoms with Crippen LogP contribution in [0.1, 0.15) is 16.8 Å². The molecule has 0 aliphatic rings. The van der Waals surface area contributed by atoms with Crippen molar-refractivity contribution in [1.29, 1.82) is 0 Å². The molecule has 6 heteroatoms. The molecule has 0 unspecified atom stereocenters. The van der Waals surface area contributed by atoms with Gasteiger partial charge in [-0.3, -0.25) is 0 Å². The monoisotopic (exact) mass is 340 g/mol. The molecule has 0 radical (unpaired) electrons. The topological polar surface area (TPSA) is 49.8 Å². The summed E-state index contributed by atoms with van der Waals surface area (Å²) in [7, 11) is 0. The first-order valence-electron chi connectivity index (χ1n) is 7.83. The van der Waals surface area contributed by atoms with Gasteiger partial charge in [0.1, 0.15) is 5.82 Å². The maximum absolute atomic E-state index is 13.3. The van der Waals surface area contributed by atoms with Crippen LogP contribution >= 0.6 is 0 Å². The van der Waals surface area contributed by atoms with E-state index in [9.17, 15) is 8.78 Å². The van der Waals surface area contributed by atoms with Crippen LogP contribution in [0.4, 0.5) is 31.9 Å². The number of hydrogen-bond donors (Lipinski definition) is 2. The highest BCUT2D eigenvalue weighted by molar-refractivity contribution is 5.62. The zero-order chi connectivity index (χ0) is 18.0. The molecule has 1 heterocycles. The molecule has 1 aromatic heterocycles. The number of benzene rings is 2. The molecule has 0 saturated heterocycles. The van der Waals surface area contributed by atoms with Crippen LogP contribution in [0.2, 0.25) is 0 Å². The SMILES string of the molecule is Cc1ccc(Nc2nc(C)cc(Nc3ccc(F)c(F)c3)n2)c(C)c1. The van der Waals surface area contributed by atoms with E-state index in [1.165, 1.54) is 11.6 Å². The standard InChI is InChI=1S/C19H18F2N4/c1-11-4-7-17(12(2)8-11)24-19-22-13(3)9-18(25-19)23-14-5-6-15(20)16(21)10-14/h4-10H,1-3H3,(H2,22,23,24,25). The van der Waals surface area contributed by atoms with Gasteiger partial charge in [0.25, 0.3) is 0 Å². The van der Waals surface area contributed by atoms with E-state index in [1.54, 1.807) is 6.07 Å². The quantitative estimate of drug-likeness (QED) is 0.688. The van der Waals surface area contributed by atoms with Crippen LogP contribution in [0.3, 0.4) is 0 Å². The van der Waals surface area contributed by atoms with Gasteiger partial charge in [-0.1, -0.05) is 17.7 Å². The summed E-state index contributed by atoms with van der Waals surface area (Å²) in [6, 6.07) is 11.4. The fourth-order valence-corrected chi connectivity index (χ4v) is 2.48. The van der Waals surface area contributed by atoms with Crippen molar-refractivity contribution in [3.8, 4) is 0 Å². The Bertz CT molecular complexity index is 925. The molecular formula is C19H18F2N4. The Kier molecular flexibility index (Phi) is 4.61. The second kappa shape index (κ2) is 6.84. The molecule has 4 nitrogen and oxygen atoms in total. The number of hydrogen-bond acceptors (Lipinski definition) is 4. The van der Waals surface area contributed by atoms with Crippen LogP contribution in [0.15, 0.2) is 42.5 Å². The van der Waals surface area contributed by atoms with Crippen molar-refractivity contribution >= 4 is 23.1 Å². The van der Waals surface area contributed by atoms with Gasteiger partial charge < -0.3 is 10.6 Å². The average molecular weight is 340 g/mol. The van der Waals surface area contributed by atoms with Gasteiger partial charge >= 0.3 is 0 Å². The first-order chi connectivity index (χ1) is 11.9. The maximum Gasteiger partial charge on any atom is 0.229 e. The first kappa shape index (κ1) is 16.8. The largest absolute Gasteiger partial charge is 0.340 e. The van der Waals surface area contributed by atoms with E-state index in [-0.39, 0.29) is 0 Å². The minimum atomic E-state index is -0.913. The zero-order valence-electron chi connectivity index (χ0n) is 14.2. The van der Waals surface area contributed by atoms with Crippen molar-refractivity contribution < 1.29 is 8.78 Å². The maximum atomic E-state index is 13.3. The van der Waals surface area contributed by atoms with Gasteiger partial charge in [-0.25, -0.2) is 13.8 Å². The zero-order valence-corrected chi connectivity index (χ0v) is 14.2. The van der Waals surface area contributed by atoms with Crippen LogP contribution in [0.25, 0.3) is 0 Å². The Balaban J connectivity index is 1.86.